The van der Waals surface area contributed by atoms with Crippen molar-refractivity contribution < 1.29 is 9.53 Å². The lowest BCUT2D eigenvalue weighted by molar-refractivity contribution is 0.101. The smallest absolute Gasteiger partial charge is 0.159 e. The van der Waals surface area contributed by atoms with Gasteiger partial charge in [0.1, 0.15) is 5.75 Å². The zero-order valence-electron chi connectivity index (χ0n) is 11.6. The molecule has 98 valence electrons. The highest BCUT2D eigenvalue weighted by Crippen LogP contribution is 2.43. The Balaban J connectivity index is 2.45. The van der Waals surface area contributed by atoms with Crippen LogP contribution in [0.1, 0.15) is 61.9 Å². The van der Waals surface area contributed by atoms with Crippen LogP contribution in [0.15, 0.2) is 18.2 Å². The van der Waals surface area contributed by atoms with E-state index in [9.17, 15) is 4.79 Å². The van der Waals surface area contributed by atoms with Crippen LogP contribution in [-0.2, 0) is 5.41 Å². The van der Waals surface area contributed by atoms with Gasteiger partial charge in [-0.2, -0.15) is 0 Å². The first-order chi connectivity index (χ1) is 8.57. The molecule has 0 radical (unpaired) electrons. The van der Waals surface area contributed by atoms with Gasteiger partial charge in [-0.1, -0.05) is 26.2 Å². The summed E-state index contributed by atoms with van der Waals surface area (Å²) in [7, 11) is 1.71. The monoisotopic (exact) mass is 246 g/mol. The minimum absolute atomic E-state index is 0.123. The maximum Gasteiger partial charge on any atom is 0.159 e. The van der Waals surface area contributed by atoms with Crippen molar-refractivity contribution >= 4 is 5.78 Å². The Morgan fingerprint density at radius 2 is 1.89 bits per heavy atom. The van der Waals surface area contributed by atoms with E-state index < -0.39 is 0 Å². The molecule has 0 unspecified atom stereocenters. The molecule has 0 N–H and O–H groups in total. The standard InChI is InChI=1S/C16H22O2/c1-12(17)13-7-8-15(18-3)14(11-13)16(2)9-5-4-6-10-16/h7-8,11H,4-6,9-10H2,1-3H3. The number of rotatable bonds is 3. The normalized spacial score (nSPS) is 18.4. The van der Waals surface area contributed by atoms with Crippen molar-refractivity contribution in [2.24, 2.45) is 0 Å². The van der Waals surface area contributed by atoms with Gasteiger partial charge in [0.15, 0.2) is 5.78 Å². The van der Waals surface area contributed by atoms with Crippen LogP contribution in [0.3, 0.4) is 0 Å². The fourth-order valence-corrected chi connectivity index (χ4v) is 3.00. The topological polar surface area (TPSA) is 26.3 Å². The lowest BCUT2D eigenvalue weighted by Gasteiger charge is -2.35. The molecule has 0 aliphatic heterocycles. The van der Waals surface area contributed by atoms with Crippen LogP contribution >= 0.6 is 0 Å². The molecule has 1 aromatic carbocycles. The number of carbonyl (C=O) groups is 1. The molecule has 0 bridgehead atoms. The van der Waals surface area contributed by atoms with Gasteiger partial charge in [-0.15, -0.1) is 0 Å². The van der Waals surface area contributed by atoms with Crippen molar-refractivity contribution in [1.29, 1.82) is 0 Å². The molecule has 0 saturated heterocycles. The van der Waals surface area contributed by atoms with Crippen molar-refractivity contribution in [3.05, 3.63) is 29.3 Å². The predicted octanol–water partition coefficient (Wildman–Crippen LogP) is 4.12. The average Bonchev–Trinajstić information content (AvgIpc) is 2.38. The van der Waals surface area contributed by atoms with E-state index in [4.69, 9.17) is 4.74 Å². The van der Waals surface area contributed by atoms with Gasteiger partial charge >= 0.3 is 0 Å². The second-order valence-corrected chi connectivity index (χ2v) is 5.59. The Morgan fingerprint density at radius 3 is 2.44 bits per heavy atom. The fraction of sp³-hybridized carbons (Fsp3) is 0.562. The highest BCUT2D eigenvalue weighted by atomic mass is 16.5. The van der Waals surface area contributed by atoms with Crippen LogP contribution in [0.2, 0.25) is 0 Å². The largest absolute Gasteiger partial charge is 0.496 e. The van der Waals surface area contributed by atoms with Crippen LogP contribution < -0.4 is 4.74 Å². The molecular weight excluding hydrogens is 224 g/mol. The lowest BCUT2D eigenvalue weighted by atomic mass is 9.70. The van der Waals surface area contributed by atoms with Crippen LogP contribution in [0.5, 0.6) is 5.75 Å². The Morgan fingerprint density at radius 1 is 1.22 bits per heavy atom. The number of hydrogen-bond donors (Lipinski definition) is 0. The van der Waals surface area contributed by atoms with Gasteiger partial charge in [0.25, 0.3) is 0 Å². The summed E-state index contributed by atoms with van der Waals surface area (Å²) in [5, 5.41) is 0. The zero-order chi connectivity index (χ0) is 13.2. The minimum atomic E-state index is 0.123. The van der Waals surface area contributed by atoms with Crippen LogP contribution in [0.25, 0.3) is 0 Å². The van der Waals surface area contributed by atoms with E-state index in [1.807, 2.05) is 18.2 Å². The molecular formula is C16H22O2. The molecule has 18 heavy (non-hydrogen) atoms. The molecule has 2 heteroatoms. The number of carbonyl (C=O) groups excluding carboxylic acids is 1. The van der Waals surface area contributed by atoms with E-state index in [0.29, 0.717) is 0 Å². The summed E-state index contributed by atoms with van der Waals surface area (Å²) < 4.78 is 5.49. The number of Topliss-reactive ketones (excluding diaryl/α,β-unsaturated/α-hetero) is 1. The van der Waals surface area contributed by atoms with E-state index in [2.05, 4.69) is 6.92 Å². The Kier molecular flexibility index (Phi) is 3.74. The molecule has 1 saturated carbocycles. The third-order valence-electron chi connectivity index (χ3n) is 4.21. The first kappa shape index (κ1) is 13.1. The second-order valence-electron chi connectivity index (χ2n) is 5.59. The van der Waals surface area contributed by atoms with E-state index >= 15 is 0 Å². The molecule has 1 aromatic rings. The quantitative estimate of drug-likeness (QED) is 0.750. The Labute approximate surface area is 109 Å². The van der Waals surface area contributed by atoms with Crippen LogP contribution in [-0.4, -0.2) is 12.9 Å². The van der Waals surface area contributed by atoms with E-state index in [1.54, 1.807) is 14.0 Å². The molecule has 1 aliphatic carbocycles. The zero-order valence-corrected chi connectivity index (χ0v) is 11.6. The number of ketones is 1. The number of methoxy groups -OCH3 is 1. The molecule has 0 aromatic heterocycles. The highest BCUT2D eigenvalue weighted by Gasteiger charge is 2.31. The van der Waals surface area contributed by atoms with Crippen molar-refractivity contribution in [2.45, 2.75) is 51.4 Å². The molecule has 0 heterocycles. The number of benzene rings is 1. The van der Waals surface area contributed by atoms with Gasteiger partial charge in [-0.05, 0) is 43.4 Å². The third-order valence-corrected chi connectivity index (χ3v) is 4.21. The summed E-state index contributed by atoms with van der Waals surface area (Å²) in [4.78, 5) is 11.5. The van der Waals surface area contributed by atoms with Gasteiger partial charge in [0.2, 0.25) is 0 Å². The van der Waals surface area contributed by atoms with Gasteiger partial charge in [0, 0.05) is 11.1 Å². The first-order valence-electron chi connectivity index (χ1n) is 6.76. The van der Waals surface area contributed by atoms with Crippen LogP contribution in [0.4, 0.5) is 0 Å². The van der Waals surface area contributed by atoms with Crippen molar-refractivity contribution in [2.75, 3.05) is 7.11 Å². The molecule has 1 aliphatic rings. The van der Waals surface area contributed by atoms with E-state index in [0.717, 1.165) is 11.3 Å². The summed E-state index contributed by atoms with van der Waals surface area (Å²) in [6.07, 6.45) is 6.23. The van der Waals surface area contributed by atoms with Crippen molar-refractivity contribution in [1.82, 2.24) is 0 Å². The molecule has 2 rings (SSSR count). The average molecular weight is 246 g/mol. The summed E-state index contributed by atoms with van der Waals surface area (Å²) in [5.41, 5.74) is 2.16. The van der Waals surface area contributed by atoms with Gasteiger partial charge in [-0.3, -0.25) is 4.79 Å². The number of hydrogen-bond acceptors (Lipinski definition) is 2. The highest BCUT2D eigenvalue weighted by molar-refractivity contribution is 5.94. The predicted molar refractivity (Wildman–Crippen MR) is 73.4 cm³/mol. The van der Waals surface area contributed by atoms with Crippen molar-refractivity contribution in [3.8, 4) is 5.75 Å². The third kappa shape index (κ3) is 2.43. The molecule has 1 fully saturated rings. The van der Waals surface area contributed by atoms with E-state index in [-0.39, 0.29) is 11.2 Å². The maximum atomic E-state index is 11.5. The fourth-order valence-electron chi connectivity index (χ4n) is 3.00. The van der Waals surface area contributed by atoms with Gasteiger partial charge in [-0.25, -0.2) is 0 Å². The van der Waals surface area contributed by atoms with Gasteiger partial charge < -0.3 is 4.74 Å². The first-order valence-corrected chi connectivity index (χ1v) is 6.76. The maximum absolute atomic E-state index is 11.5. The van der Waals surface area contributed by atoms with E-state index in [1.165, 1.54) is 37.7 Å². The Hall–Kier alpha value is -1.31. The Bertz CT molecular complexity index is 442. The lowest BCUT2D eigenvalue weighted by Crippen LogP contribution is -2.26. The summed E-state index contributed by atoms with van der Waals surface area (Å²) >= 11 is 0. The molecule has 0 amide bonds. The summed E-state index contributed by atoms with van der Waals surface area (Å²) in [5.74, 6) is 1.04. The SMILES string of the molecule is COc1ccc(C(C)=O)cc1C1(C)CCCCC1. The van der Waals surface area contributed by atoms with Crippen molar-refractivity contribution in [3.63, 3.8) is 0 Å². The van der Waals surface area contributed by atoms with Gasteiger partial charge in [0.05, 0.1) is 7.11 Å². The molecule has 0 spiro atoms. The molecule has 2 nitrogen and oxygen atoms in total. The minimum Gasteiger partial charge on any atom is -0.496 e. The van der Waals surface area contributed by atoms with Crippen LogP contribution in [0, 0.1) is 0 Å². The number of ether oxygens (including phenoxy) is 1. The summed E-state index contributed by atoms with van der Waals surface area (Å²) in [6.45, 7) is 3.92. The molecule has 0 atom stereocenters. The second kappa shape index (κ2) is 5.13. The summed E-state index contributed by atoms with van der Waals surface area (Å²) in [6, 6.07) is 5.83.